The highest BCUT2D eigenvalue weighted by Crippen LogP contribution is 2.21. The van der Waals surface area contributed by atoms with E-state index in [4.69, 9.17) is 4.55 Å². The molecule has 1 aromatic carbocycles. The van der Waals surface area contributed by atoms with Crippen LogP contribution in [0.2, 0.25) is 0 Å². The standard InChI is InChI=1S/C6H3F3O3S/c7-3-1-2-4(12-13(10)11)6(9)5(3)8/h1-2H,(H,10,11). The van der Waals surface area contributed by atoms with Crippen molar-refractivity contribution in [3.63, 3.8) is 0 Å². The second kappa shape index (κ2) is 3.75. The van der Waals surface area contributed by atoms with Crippen molar-refractivity contribution in [2.75, 3.05) is 0 Å². The highest BCUT2D eigenvalue weighted by atomic mass is 32.2. The van der Waals surface area contributed by atoms with Gasteiger partial charge in [0.05, 0.1) is 0 Å². The highest BCUT2D eigenvalue weighted by Gasteiger charge is 2.15. The maximum atomic E-state index is 12.6. The first-order valence-electron chi connectivity index (χ1n) is 2.95. The normalized spacial score (nSPS) is 12.6. The minimum absolute atomic E-state index is 0.584. The molecule has 1 atom stereocenters. The molecule has 0 aliphatic rings. The van der Waals surface area contributed by atoms with Crippen LogP contribution in [-0.4, -0.2) is 8.76 Å². The molecule has 0 saturated carbocycles. The summed E-state index contributed by atoms with van der Waals surface area (Å²) in [6.45, 7) is 0. The van der Waals surface area contributed by atoms with Crippen LogP contribution in [-0.2, 0) is 11.4 Å². The second-order valence-electron chi connectivity index (χ2n) is 1.97. The van der Waals surface area contributed by atoms with Crippen molar-refractivity contribution >= 4 is 11.4 Å². The van der Waals surface area contributed by atoms with Crippen molar-refractivity contribution in [1.29, 1.82) is 0 Å². The van der Waals surface area contributed by atoms with Crippen LogP contribution in [0.1, 0.15) is 0 Å². The molecule has 3 nitrogen and oxygen atoms in total. The van der Waals surface area contributed by atoms with E-state index in [0.717, 1.165) is 0 Å². The first kappa shape index (κ1) is 10.0. The molecule has 0 aromatic heterocycles. The molecular weight excluding hydrogens is 209 g/mol. The van der Waals surface area contributed by atoms with Crippen molar-refractivity contribution < 1.29 is 26.1 Å². The summed E-state index contributed by atoms with van der Waals surface area (Å²) in [4.78, 5) is 0. The van der Waals surface area contributed by atoms with Crippen LogP contribution >= 0.6 is 0 Å². The molecule has 1 unspecified atom stereocenters. The van der Waals surface area contributed by atoms with Gasteiger partial charge in [0.2, 0.25) is 5.82 Å². The summed E-state index contributed by atoms with van der Waals surface area (Å²) >= 11 is -2.77. The van der Waals surface area contributed by atoms with E-state index in [9.17, 15) is 17.4 Å². The number of rotatable bonds is 2. The van der Waals surface area contributed by atoms with Gasteiger partial charge in [0.15, 0.2) is 17.4 Å². The van der Waals surface area contributed by atoms with Crippen LogP contribution in [0.25, 0.3) is 0 Å². The molecule has 0 fully saturated rings. The summed E-state index contributed by atoms with van der Waals surface area (Å²) in [6, 6.07) is 1.29. The molecule has 0 spiro atoms. The lowest BCUT2D eigenvalue weighted by Gasteiger charge is -2.01. The van der Waals surface area contributed by atoms with E-state index in [-0.39, 0.29) is 0 Å². The van der Waals surface area contributed by atoms with Crippen LogP contribution in [0.5, 0.6) is 5.75 Å². The lowest BCUT2D eigenvalue weighted by Crippen LogP contribution is -2.02. The Hall–Kier alpha value is -1.08. The number of benzene rings is 1. The summed E-state index contributed by atoms with van der Waals surface area (Å²) in [5, 5.41) is 0. The topological polar surface area (TPSA) is 46.5 Å². The van der Waals surface area contributed by atoms with E-state index >= 15 is 0 Å². The largest absolute Gasteiger partial charge is 0.377 e. The Bertz CT molecular complexity index is 355. The highest BCUT2D eigenvalue weighted by molar-refractivity contribution is 7.74. The Morgan fingerprint density at radius 3 is 2.38 bits per heavy atom. The van der Waals surface area contributed by atoms with Crippen molar-refractivity contribution in [1.82, 2.24) is 0 Å². The lowest BCUT2D eigenvalue weighted by molar-refractivity contribution is 0.403. The van der Waals surface area contributed by atoms with Gasteiger partial charge in [-0.15, -0.1) is 0 Å². The van der Waals surface area contributed by atoms with Gasteiger partial charge in [0.1, 0.15) is 0 Å². The number of hydrogen-bond donors (Lipinski definition) is 1. The Balaban J connectivity index is 3.10. The Labute approximate surface area is 73.6 Å². The molecule has 0 aliphatic heterocycles. The van der Waals surface area contributed by atoms with E-state index in [1.165, 1.54) is 0 Å². The van der Waals surface area contributed by atoms with Crippen LogP contribution in [0, 0.1) is 17.5 Å². The third kappa shape index (κ3) is 2.19. The molecule has 0 radical (unpaired) electrons. The monoisotopic (exact) mass is 212 g/mol. The van der Waals surface area contributed by atoms with Crippen LogP contribution in [0.3, 0.4) is 0 Å². The van der Waals surface area contributed by atoms with E-state index in [2.05, 4.69) is 4.18 Å². The summed E-state index contributed by atoms with van der Waals surface area (Å²) in [5.41, 5.74) is 0. The van der Waals surface area contributed by atoms with Gasteiger partial charge in [0, 0.05) is 0 Å². The molecule has 1 N–H and O–H groups in total. The average molecular weight is 212 g/mol. The molecule has 72 valence electrons. The predicted octanol–water partition coefficient (Wildman–Crippen LogP) is 1.62. The fourth-order valence-corrected chi connectivity index (χ4v) is 0.932. The molecular formula is C6H3F3O3S. The third-order valence-electron chi connectivity index (χ3n) is 1.16. The van der Waals surface area contributed by atoms with Gasteiger partial charge in [-0.3, -0.25) is 4.55 Å². The summed E-state index contributed by atoms with van der Waals surface area (Å²) in [7, 11) is 0. The molecule has 0 amide bonds. The Morgan fingerprint density at radius 2 is 1.85 bits per heavy atom. The molecule has 7 heteroatoms. The molecule has 0 aliphatic carbocycles. The zero-order valence-corrected chi connectivity index (χ0v) is 6.78. The van der Waals surface area contributed by atoms with Gasteiger partial charge in [-0.2, -0.15) is 8.60 Å². The first-order valence-corrected chi connectivity index (χ1v) is 3.98. The van der Waals surface area contributed by atoms with Crippen molar-refractivity contribution in [3.05, 3.63) is 29.6 Å². The fourth-order valence-electron chi connectivity index (χ4n) is 0.649. The summed E-state index contributed by atoms with van der Waals surface area (Å²) < 4.78 is 59.5. The quantitative estimate of drug-likeness (QED) is 0.598. The van der Waals surface area contributed by atoms with E-state index in [1.807, 2.05) is 0 Å². The van der Waals surface area contributed by atoms with Crippen molar-refractivity contribution in [3.8, 4) is 5.75 Å². The van der Waals surface area contributed by atoms with Crippen LogP contribution < -0.4 is 4.18 Å². The fraction of sp³-hybridized carbons (Fsp3) is 0. The SMILES string of the molecule is O=S(O)Oc1ccc(F)c(F)c1F. The number of hydrogen-bond acceptors (Lipinski definition) is 2. The molecule has 1 aromatic rings. The van der Waals surface area contributed by atoms with E-state index < -0.39 is 34.6 Å². The summed E-state index contributed by atoms with van der Waals surface area (Å²) in [5.74, 6) is -5.60. The lowest BCUT2D eigenvalue weighted by atomic mass is 10.3. The van der Waals surface area contributed by atoms with Crippen LogP contribution in [0.15, 0.2) is 12.1 Å². The minimum Gasteiger partial charge on any atom is -0.377 e. The van der Waals surface area contributed by atoms with Gasteiger partial charge in [-0.25, -0.2) is 8.78 Å². The zero-order valence-electron chi connectivity index (χ0n) is 5.96. The van der Waals surface area contributed by atoms with E-state index in [1.54, 1.807) is 0 Å². The average Bonchev–Trinajstić information content (AvgIpc) is 2.06. The zero-order chi connectivity index (χ0) is 10.0. The van der Waals surface area contributed by atoms with Gasteiger partial charge in [0.25, 0.3) is 0 Å². The van der Waals surface area contributed by atoms with Gasteiger partial charge < -0.3 is 4.18 Å². The smallest absolute Gasteiger partial charge is 0.357 e. The summed E-state index contributed by atoms with van der Waals surface area (Å²) in [6.07, 6.45) is 0. The van der Waals surface area contributed by atoms with Gasteiger partial charge in [-0.1, -0.05) is 0 Å². The molecule has 1 rings (SSSR count). The maximum Gasteiger partial charge on any atom is 0.357 e. The number of halogens is 3. The molecule has 0 heterocycles. The maximum absolute atomic E-state index is 12.6. The molecule has 13 heavy (non-hydrogen) atoms. The van der Waals surface area contributed by atoms with Crippen molar-refractivity contribution in [2.45, 2.75) is 0 Å². The van der Waals surface area contributed by atoms with Gasteiger partial charge >= 0.3 is 11.4 Å². The third-order valence-corrected chi connectivity index (χ3v) is 1.48. The molecule has 0 saturated heterocycles. The van der Waals surface area contributed by atoms with Crippen LogP contribution in [0.4, 0.5) is 13.2 Å². The van der Waals surface area contributed by atoms with Gasteiger partial charge in [-0.05, 0) is 12.1 Å². The Morgan fingerprint density at radius 1 is 1.23 bits per heavy atom. The van der Waals surface area contributed by atoms with E-state index in [0.29, 0.717) is 12.1 Å². The first-order chi connectivity index (χ1) is 6.02. The Kier molecular flexibility index (Phi) is 2.89. The second-order valence-corrected chi connectivity index (χ2v) is 2.57. The minimum atomic E-state index is -2.77. The molecule has 0 bridgehead atoms. The van der Waals surface area contributed by atoms with Crippen molar-refractivity contribution in [2.24, 2.45) is 0 Å². The predicted molar refractivity (Wildman–Crippen MR) is 37.7 cm³/mol.